The molecule has 0 aliphatic carbocycles. The molecule has 0 saturated heterocycles. The molecular formula is C8H18N2. The average Bonchev–Trinajstić information content (AvgIpc) is 2.08. The lowest BCUT2D eigenvalue weighted by molar-refractivity contribution is 1.28. The van der Waals surface area contributed by atoms with Gasteiger partial charge in [-0.2, -0.15) is 10.2 Å². The van der Waals surface area contributed by atoms with Crippen molar-refractivity contribution in [3.05, 3.63) is 12.7 Å². The Kier molecular flexibility index (Phi) is 68.5. The number of nitrogens with zero attached hydrogens (tertiary/aromatic N) is 2. The van der Waals surface area contributed by atoms with Gasteiger partial charge in [-0.05, 0) is 6.08 Å². The quantitative estimate of drug-likeness (QED) is 0.418. The summed E-state index contributed by atoms with van der Waals surface area (Å²) in [5, 5.41) is 6.53. The highest BCUT2D eigenvalue weighted by Crippen LogP contribution is 1.59. The van der Waals surface area contributed by atoms with Crippen molar-refractivity contribution in [3.8, 4) is 0 Å². The lowest BCUT2D eigenvalue weighted by Gasteiger charge is -1.62. The average molecular weight is 142 g/mol. The summed E-state index contributed by atoms with van der Waals surface area (Å²) < 4.78 is 0. The van der Waals surface area contributed by atoms with Crippen LogP contribution in [0.25, 0.3) is 0 Å². The molecule has 10 heavy (non-hydrogen) atoms. The van der Waals surface area contributed by atoms with Crippen molar-refractivity contribution < 1.29 is 0 Å². The molecule has 0 saturated carbocycles. The van der Waals surface area contributed by atoms with Gasteiger partial charge in [0.05, 0.1) is 0 Å². The van der Waals surface area contributed by atoms with E-state index < -0.39 is 0 Å². The molecule has 0 spiro atoms. The zero-order valence-electron chi connectivity index (χ0n) is 7.46. The fraction of sp³-hybridized carbons (Fsp3) is 0.500. The van der Waals surface area contributed by atoms with Crippen LogP contribution in [0.1, 0.15) is 27.7 Å². The van der Waals surface area contributed by atoms with Crippen molar-refractivity contribution in [2.24, 2.45) is 10.2 Å². The molecule has 2 nitrogen and oxygen atoms in total. The van der Waals surface area contributed by atoms with Crippen LogP contribution in [0.5, 0.6) is 0 Å². The smallest absolute Gasteiger partial charge is 0.0489 e. The van der Waals surface area contributed by atoms with Crippen molar-refractivity contribution in [2.45, 2.75) is 27.7 Å². The SMILES string of the molecule is C=C/C=N\N=C.CC.CC. The van der Waals surface area contributed by atoms with Crippen LogP contribution in [0.15, 0.2) is 22.9 Å². The van der Waals surface area contributed by atoms with Gasteiger partial charge < -0.3 is 0 Å². The maximum Gasteiger partial charge on any atom is 0.0489 e. The highest BCUT2D eigenvalue weighted by atomic mass is 15.2. The van der Waals surface area contributed by atoms with Gasteiger partial charge in [0.25, 0.3) is 0 Å². The summed E-state index contributed by atoms with van der Waals surface area (Å²) in [6.07, 6.45) is 3.00. The van der Waals surface area contributed by atoms with E-state index in [1.807, 2.05) is 27.7 Å². The Morgan fingerprint density at radius 2 is 1.50 bits per heavy atom. The summed E-state index contributed by atoms with van der Waals surface area (Å²) in [5.74, 6) is 0. The monoisotopic (exact) mass is 142 g/mol. The third-order valence-corrected chi connectivity index (χ3v) is 0.254. The van der Waals surface area contributed by atoms with Crippen molar-refractivity contribution in [1.29, 1.82) is 0 Å². The summed E-state index contributed by atoms with van der Waals surface area (Å²) in [5.41, 5.74) is 0. The van der Waals surface area contributed by atoms with Gasteiger partial charge in [-0.15, -0.1) is 0 Å². The second-order valence-electron chi connectivity index (χ2n) is 0.642. The van der Waals surface area contributed by atoms with Gasteiger partial charge in [0.2, 0.25) is 0 Å². The van der Waals surface area contributed by atoms with Gasteiger partial charge in [-0.3, -0.25) is 0 Å². The second kappa shape index (κ2) is 42.7. The molecule has 0 aromatic rings. The maximum atomic E-state index is 3.36. The molecule has 60 valence electrons. The predicted molar refractivity (Wildman–Crippen MR) is 50.9 cm³/mol. The van der Waals surface area contributed by atoms with Crippen molar-refractivity contribution in [3.63, 3.8) is 0 Å². The molecule has 0 aromatic heterocycles. The molecule has 0 bridgehead atoms. The van der Waals surface area contributed by atoms with Crippen LogP contribution in [0.2, 0.25) is 0 Å². The first kappa shape index (κ1) is 16.0. The lowest BCUT2D eigenvalue weighted by atomic mass is 10.7. The number of hydrogen-bond acceptors (Lipinski definition) is 2. The Morgan fingerprint density at radius 3 is 1.60 bits per heavy atom. The van der Waals surface area contributed by atoms with Crippen molar-refractivity contribution >= 4 is 12.9 Å². The first-order chi connectivity index (χ1) is 4.91. The highest BCUT2D eigenvalue weighted by Gasteiger charge is 1.47. The Bertz CT molecular complexity index is 65.3. The number of hydrogen-bond donors (Lipinski definition) is 0. The van der Waals surface area contributed by atoms with Crippen LogP contribution in [-0.2, 0) is 0 Å². The fourth-order valence-corrected chi connectivity index (χ4v) is 0.0943. The van der Waals surface area contributed by atoms with Crippen LogP contribution >= 0.6 is 0 Å². The Balaban J connectivity index is -0.000000105. The van der Waals surface area contributed by atoms with E-state index in [1.165, 1.54) is 12.3 Å². The van der Waals surface area contributed by atoms with E-state index in [2.05, 4.69) is 23.5 Å². The highest BCUT2D eigenvalue weighted by molar-refractivity contribution is 5.69. The molecule has 0 amide bonds. The lowest BCUT2D eigenvalue weighted by Crippen LogP contribution is -1.53. The summed E-state index contributed by atoms with van der Waals surface area (Å²) in [4.78, 5) is 0. The Hall–Kier alpha value is -0.920. The predicted octanol–water partition coefficient (Wildman–Crippen LogP) is 2.91. The Morgan fingerprint density at radius 1 is 1.10 bits per heavy atom. The third-order valence-electron chi connectivity index (χ3n) is 0.254. The van der Waals surface area contributed by atoms with Gasteiger partial charge in [-0.1, -0.05) is 34.3 Å². The van der Waals surface area contributed by atoms with Gasteiger partial charge in [0.1, 0.15) is 0 Å². The maximum absolute atomic E-state index is 3.36. The zero-order valence-corrected chi connectivity index (χ0v) is 7.46. The van der Waals surface area contributed by atoms with E-state index >= 15 is 0 Å². The molecule has 0 aliphatic rings. The number of allylic oxidation sites excluding steroid dienone is 1. The van der Waals surface area contributed by atoms with Crippen LogP contribution in [0, 0.1) is 0 Å². The minimum Gasteiger partial charge on any atom is -0.167 e. The molecular weight excluding hydrogens is 124 g/mol. The first-order valence-electron chi connectivity index (χ1n) is 3.52. The molecule has 0 rings (SSSR count). The van der Waals surface area contributed by atoms with E-state index in [1.54, 1.807) is 0 Å². The summed E-state index contributed by atoms with van der Waals surface area (Å²) in [6, 6.07) is 0. The van der Waals surface area contributed by atoms with Crippen LogP contribution in [0.4, 0.5) is 0 Å². The molecule has 0 N–H and O–H groups in total. The molecule has 0 heterocycles. The van der Waals surface area contributed by atoms with Gasteiger partial charge in [0, 0.05) is 12.9 Å². The van der Waals surface area contributed by atoms with Gasteiger partial charge >= 0.3 is 0 Å². The molecule has 0 fully saturated rings. The fourth-order valence-electron chi connectivity index (χ4n) is 0.0943. The van der Waals surface area contributed by atoms with E-state index in [0.29, 0.717) is 0 Å². The van der Waals surface area contributed by atoms with Gasteiger partial charge in [-0.25, -0.2) is 0 Å². The molecule has 0 atom stereocenters. The molecule has 2 heteroatoms. The standard InChI is InChI=1S/C4H6N2.2C2H6/c1-3-4-6-5-2;2*1-2/h3-4H,1-2H2;2*1-2H3/b6-4-;;. The van der Waals surface area contributed by atoms with E-state index in [-0.39, 0.29) is 0 Å². The molecule has 0 aromatic carbocycles. The summed E-state index contributed by atoms with van der Waals surface area (Å²) in [7, 11) is 0. The van der Waals surface area contributed by atoms with Gasteiger partial charge in [0.15, 0.2) is 0 Å². The first-order valence-corrected chi connectivity index (χ1v) is 3.52. The van der Waals surface area contributed by atoms with Crippen molar-refractivity contribution in [2.75, 3.05) is 0 Å². The van der Waals surface area contributed by atoms with E-state index in [4.69, 9.17) is 0 Å². The zero-order chi connectivity index (χ0) is 8.83. The van der Waals surface area contributed by atoms with E-state index in [0.717, 1.165) is 0 Å². The van der Waals surface area contributed by atoms with E-state index in [9.17, 15) is 0 Å². The number of rotatable bonds is 2. The van der Waals surface area contributed by atoms with Crippen molar-refractivity contribution in [1.82, 2.24) is 0 Å². The Labute approximate surface area is 64.4 Å². The summed E-state index contributed by atoms with van der Waals surface area (Å²) in [6.45, 7) is 14.5. The topological polar surface area (TPSA) is 24.7 Å². The molecule has 0 radical (unpaired) electrons. The normalized spacial score (nSPS) is 6.40. The second-order valence-corrected chi connectivity index (χ2v) is 0.642. The minimum absolute atomic E-state index is 1.47. The molecule has 0 unspecified atom stereocenters. The largest absolute Gasteiger partial charge is 0.167 e. The minimum atomic E-state index is 1.47. The van der Waals surface area contributed by atoms with Crippen LogP contribution in [-0.4, -0.2) is 12.9 Å². The van der Waals surface area contributed by atoms with Crippen LogP contribution in [0.3, 0.4) is 0 Å². The molecule has 0 aliphatic heterocycles. The summed E-state index contributed by atoms with van der Waals surface area (Å²) >= 11 is 0. The third kappa shape index (κ3) is 60.5. The van der Waals surface area contributed by atoms with Crippen LogP contribution < -0.4 is 0 Å².